The quantitative estimate of drug-likeness (QED) is 0.188. The zero-order valence-corrected chi connectivity index (χ0v) is 24.8. The lowest BCUT2D eigenvalue weighted by Gasteiger charge is -2.42. The van der Waals surface area contributed by atoms with Crippen molar-refractivity contribution in [2.24, 2.45) is 11.1 Å². The molecule has 1 unspecified atom stereocenters. The van der Waals surface area contributed by atoms with Gasteiger partial charge in [0, 0.05) is 40.5 Å². The number of hydrogen-bond acceptors (Lipinski definition) is 11. The normalized spacial score (nSPS) is 18.0. The van der Waals surface area contributed by atoms with E-state index in [0.29, 0.717) is 49.9 Å². The molecule has 2 aliphatic rings. The van der Waals surface area contributed by atoms with Crippen molar-refractivity contribution in [2.75, 3.05) is 16.0 Å². The van der Waals surface area contributed by atoms with Crippen LogP contribution in [0.3, 0.4) is 0 Å². The van der Waals surface area contributed by atoms with Crippen molar-refractivity contribution in [1.82, 2.24) is 10.2 Å². The van der Waals surface area contributed by atoms with Crippen LogP contribution in [0.15, 0.2) is 75.5 Å². The number of anilines is 2. The summed E-state index contributed by atoms with van der Waals surface area (Å²) in [5.74, 6) is -1.07. The van der Waals surface area contributed by atoms with Crippen LogP contribution in [0.5, 0.6) is 0 Å². The molecular weight excluding hydrogens is 598 g/mol. The van der Waals surface area contributed by atoms with E-state index >= 15 is 0 Å². The molecule has 0 fully saturated rings. The Bertz CT molecular complexity index is 1730. The number of nitriles is 1. The van der Waals surface area contributed by atoms with Crippen LogP contribution in [0.25, 0.3) is 0 Å². The Hall–Kier alpha value is -4.25. The smallest absolute Gasteiger partial charge is 0.271 e. The lowest BCUT2D eigenvalue weighted by molar-refractivity contribution is -0.384. The summed E-state index contributed by atoms with van der Waals surface area (Å²) < 4.78 is 0.460. The van der Waals surface area contributed by atoms with E-state index in [1.54, 1.807) is 35.2 Å². The first-order valence-electron chi connectivity index (χ1n) is 12.7. The van der Waals surface area contributed by atoms with E-state index in [1.165, 1.54) is 29.5 Å². The third-order valence-corrected chi connectivity index (χ3v) is 9.24. The summed E-state index contributed by atoms with van der Waals surface area (Å²) in [7, 11) is 0. The molecule has 1 aliphatic heterocycles. The van der Waals surface area contributed by atoms with Gasteiger partial charge in [0.05, 0.1) is 28.2 Å². The number of Topliss-reactive ketones (excluding diaryl/α,β-unsaturated/α-hetero) is 1. The molecule has 0 saturated heterocycles. The van der Waals surface area contributed by atoms with Gasteiger partial charge < -0.3 is 11.1 Å². The molecule has 1 amide bonds. The highest BCUT2D eigenvalue weighted by atomic mass is 35.5. The van der Waals surface area contributed by atoms with Gasteiger partial charge in [0.1, 0.15) is 5.82 Å². The van der Waals surface area contributed by atoms with Gasteiger partial charge in [-0.15, -0.1) is 10.2 Å². The minimum Gasteiger partial charge on any atom is -0.384 e. The number of nitro groups is 1. The predicted molar refractivity (Wildman–Crippen MR) is 161 cm³/mol. The summed E-state index contributed by atoms with van der Waals surface area (Å²) in [5.41, 5.74) is 8.39. The fourth-order valence-electron chi connectivity index (χ4n) is 5.12. The van der Waals surface area contributed by atoms with Crippen molar-refractivity contribution in [3.05, 3.63) is 91.9 Å². The molecule has 1 aliphatic carbocycles. The van der Waals surface area contributed by atoms with E-state index < -0.39 is 10.8 Å². The Morgan fingerprint density at radius 3 is 2.76 bits per heavy atom. The topological polar surface area (TPSA) is 168 Å². The van der Waals surface area contributed by atoms with Gasteiger partial charge >= 0.3 is 0 Å². The average molecular weight is 622 g/mol. The Balaban J connectivity index is 1.44. The van der Waals surface area contributed by atoms with Gasteiger partial charge in [-0.1, -0.05) is 72.8 Å². The van der Waals surface area contributed by atoms with Gasteiger partial charge in [0.15, 0.2) is 10.1 Å². The number of nitrogens with one attached hydrogen (secondary N) is 1. The lowest BCUT2D eigenvalue weighted by Crippen LogP contribution is -2.42. The summed E-state index contributed by atoms with van der Waals surface area (Å²) in [6.07, 6.45) is 0.804. The van der Waals surface area contributed by atoms with Crippen molar-refractivity contribution in [2.45, 2.75) is 36.9 Å². The standard InChI is InChI=1S/C28H24ClN7O4S2/c1-28(2)11-20-24(21(37)12-28)23(17-8-3-4-9-19(17)29)18(13-30)25(31)35(20)26-33-34-27(42-26)41-14-22(38)32-15-6-5-7-16(10-15)36(39)40/h3-10,23H,11-12,14,31H2,1-2H3,(H,32,38). The number of hydrogen-bond donors (Lipinski definition) is 2. The highest BCUT2D eigenvalue weighted by Gasteiger charge is 2.45. The van der Waals surface area contributed by atoms with Gasteiger partial charge in [-0.2, -0.15) is 5.26 Å². The first kappa shape index (κ1) is 29.2. The minimum absolute atomic E-state index is 0.0276. The van der Waals surface area contributed by atoms with Crippen LogP contribution in [0.2, 0.25) is 5.02 Å². The van der Waals surface area contributed by atoms with Crippen LogP contribution in [-0.2, 0) is 9.59 Å². The van der Waals surface area contributed by atoms with Gasteiger partial charge in [-0.3, -0.25) is 24.6 Å². The molecule has 0 saturated carbocycles. The molecule has 1 aromatic heterocycles. The molecule has 3 N–H and O–H groups in total. The SMILES string of the molecule is CC1(C)CC(=O)C2=C(C1)N(c1nnc(SCC(=O)Nc3cccc([N+](=O)[O-])c3)s1)C(N)=C(C#N)C2c1ccccc1Cl. The molecule has 5 rings (SSSR count). The number of allylic oxidation sites excluding steroid dienone is 3. The van der Waals surface area contributed by atoms with Crippen LogP contribution >= 0.6 is 34.7 Å². The van der Waals surface area contributed by atoms with Crippen molar-refractivity contribution < 1.29 is 14.5 Å². The first-order chi connectivity index (χ1) is 20.0. The second kappa shape index (κ2) is 11.6. The molecule has 214 valence electrons. The number of halogens is 1. The van der Waals surface area contributed by atoms with Crippen molar-refractivity contribution in [3.63, 3.8) is 0 Å². The highest BCUT2D eigenvalue weighted by molar-refractivity contribution is 8.01. The molecule has 3 aromatic rings. The maximum atomic E-state index is 13.7. The number of aromatic nitrogens is 2. The molecule has 14 heteroatoms. The number of nitrogens with zero attached hydrogens (tertiary/aromatic N) is 5. The predicted octanol–water partition coefficient (Wildman–Crippen LogP) is 5.77. The summed E-state index contributed by atoms with van der Waals surface area (Å²) in [5, 5.41) is 33.2. The molecule has 11 nitrogen and oxygen atoms in total. The Labute approximate surface area is 254 Å². The van der Waals surface area contributed by atoms with Gasteiger partial charge in [0.25, 0.3) is 5.69 Å². The van der Waals surface area contributed by atoms with Gasteiger partial charge in [0.2, 0.25) is 11.0 Å². The number of ketones is 1. The highest BCUT2D eigenvalue weighted by Crippen LogP contribution is 2.51. The van der Waals surface area contributed by atoms with Crippen LogP contribution < -0.4 is 16.0 Å². The van der Waals surface area contributed by atoms with E-state index in [0.717, 1.165) is 11.8 Å². The number of carbonyl (C=O) groups is 2. The summed E-state index contributed by atoms with van der Waals surface area (Å²) >= 11 is 8.85. The Kier molecular flexibility index (Phi) is 8.05. The second-order valence-corrected chi connectivity index (χ2v) is 13.1. The zero-order valence-electron chi connectivity index (χ0n) is 22.5. The number of non-ortho nitro benzene ring substituents is 1. The van der Waals surface area contributed by atoms with E-state index in [1.807, 2.05) is 13.8 Å². The largest absolute Gasteiger partial charge is 0.384 e. The van der Waals surface area contributed by atoms with Crippen LogP contribution in [0.1, 0.15) is 38.2 Å². The van der Waals surface area contributed by atoms with Crippen LogP contribution in [0.4, 0.5) is 16.5 Å². The monoisotopic (exact) mass is 621 g/mol. The average Bonchev–Trinajstić information content (AvgIpc) is 3.39. The number of nitrogens with two attached hydrogens (primary N) is 1. The van der Waals surface area contributed by atoms with Crippen LogP contribution in [0, 0.1) is 26.9 Å². The number of rotatable bonds is 7. The molecule has 0 radical (unpaired) electrons. The molecule has 42 heavy (non-hydrogen) atoms. The maximum Gasteiger partial charge on any atom is 0.271 e. The Morgan fingerprint density at radius 2 is 2.05 bits per heavy atom. The van der Waals surface area contributed by atoms with E-state index in [9.17, 15) is 25.0 Å². The number of thioether (sulfide) groups is 1. The van der Waals surface area contributed by atoms with E-state index in [-0.39, 0.29) is 39.9 Å². The van der Waals surface area contributed by atoms with E-state index in [2.05, 4.69) is 21.6 Å². The second-order valence-electron chi connectivity index (χ2n) is 10.5. The number of nitro benzene ring substituents is 1. The molecule has 2 heterocycles. The van der Waals surface area contributed by atoms with Gasteiger partial charge in [-0.25, -0.2) is 0 Å². The van der Waals surface area contributed by atoms with Crippen LogP contribution in [-0.4, -0.2) is 32.6 Å². The fourth-order valence-corrected chi connectivity index (χ4v) is 7.05. The molecule has 0 spiro atoms. The number of amides is 1. The third-order valence-electron chi connectivity index (χ3n) is 6.85. The minimum atomic E-state index is -0.710. The molecule has 1 atom stereocenters. The maximum absolute atomic E-state index is 13.7. The molecular formula is C28H24ClN7O4S2. The van der Waals surface area contributed by atoms with Crippen molar-refractivity contribution >= 4 is 62.9 Å². The Morgan fingerprint density at radius 1 is 1.29 bits per heavy atom. The van der Waals surface area contributed by atoms with Crippen molar-refractivity contribution in [1.29, 1.82) is 5.26 Å². The summed E-state index contributed by atoms with van der Waals surface area (Å²) in [6, 6.07) is 15.0. The molecule has 2 aromatic carbocycles. The van der Waals surface area contributed by atoms with E-state index in [4.69, 9.17) is 17.3 Å². The number of benzene rings is 2. The van der Waals surface area contributed by atoms with Crippen molar-refractivity contribution in [3.8, 4) is 6.07 Å². The summed E-state index contributed by atoms with van der Waals surface area (Å²) in [6.45, 7) is 4.00. The summed E-state index contributed by atoms with van der Waals surface area (Å²) in [4.78, 5) is 38.3. The first-order valence-corrected chi connectivity index (χ1v) is 14.9. The zero-order chi connectivity index (χ0) is 30.2. The lowest BCUT2D eigenvalue weighted by atomic mass is 9.68. The third kappa shape index (κ3) is 5.74. The van der Waals surface area contributed by atoms with Gasteiger partial charge in [-0.05, 0) is 29.5 Å². The number of carbonyl (C=O) groups excluding carboxylic acids is 2. The molecule has 0 bridgehead atoms. The fraction of sp³-hybridized carbons (Fsp3) is 0.250.